The van der Waals surface area contributed by atoms with Gasteiger partial charge >= 0.3 is 0 Å². The largest absolute Gasteiger partial charge is 0.328 e. The summed E-state index contributed by atoms with van der Waals surface area (Å²) in [7, 11) is 0. The SMILES string of the molecule is Cc1c(NC(=O)c2ccc3c(c2)CN(C2CCC(=O)NC2=O)C3=O)cnc2c1c(Cl)cn2C1CCC1. The fourth-order valence-corrected chi connectivity index (χ4v) is 5.63. The van der Waals surface area contributed by atoms with Crippen LogP contribution >= 0.6 is 11.6 Å². The molecule has 1 atom stereocenters. The Kier molecular flexibility index (Phi) is 5.33. The van der Waals surface area contributed by atoms with Gasteiger partial charge in [-0.2, -0.15) is 0 Å². The predicted molar refractivity (Wildman–Crippen MR) is 133 cm³/mol. The second kappa shape index (κ2) is 8.44. The Morgan fingerprint density at radius 3 is 2.72 bits per heavy atom. The number of imide groups is 1. The lowest BCUT2D eigenvalue weighted by atomic mass is 9.93. The number of nitrogens with zero attached hydrogens (tertiary/aromatic N) is 3. The van der Waals surface area contributed by atoms with Crippen molar-refractivity contribution >= 4 is 52.0 Å². The molecule has 2 N–H and O–H groups in total. The van der Waals surface area contributed by atoms with Gasteiger partial charge in [-0.05, 0) is 61.9 Å². The molecule has 36 heavy (non-hydrogen) atoms. The monoisotopic (exact) mass is 505 g/mol. The number of aromatic nitrogens is 2. The number of rotatable bonds is 4. The van der Waals surface area contributed by atoms with Crippen LogP contribution in [0.1, 0.15) is 70.0 Å². The number of pyridine rings is 1. The minimum absolute atomic E-state index is 0.190. The van der Waals surface area contributed by atoms with E-state index < -0.39 is 11.9 Å². The number of halogens is 1. The molecule has 2 aromatic heterocycles. The summed E-state index contributed by atoms with van der Waals surface area (Å²) in [5.41, 5.74) is 3.76. The van der Waals surface area contributed by atoms with Crippen LogP contribution in [-0.2, 0) is 16.1 Å². The third-order valence-corrected chi connectivity index (χ3v) is 7.84. The Balaban J connectivity index is 1.23. The third-order valence-electron chi connectivity index (χ3n) is 7.56. The number of anilines is 1. The van der Waals surface area contributed by atoms with Crippen molar-refractivity contribution in [3.8, 4) is 0 Å². The fourth-order valence-electron chi connectivity index (χ4n) is 5.30. The van der Waals surface area contributed by atoms with E-state index in [2.05, 4.69) is 20.2 Å². The number of nitrogens with one attached hydrogen (secondary N) is 2. The minimum atomic E-state index is -0.697. The summed E-state index contributed by atoms with van der Waals surface area (Å²) in [6, 6.07) is 4.61. The molecule has 9 nitrogen and oxygen atoms in total. The van der Waals surface area contributed by atoms with Crippen molar-refractivity contribution < 1.29 is 19.2 Å². The molecule has 184 valence electrons. The van der Waals surface area contributed by atoms with Gasteiger partial charge < -0.3 is 14.8 Å². The van der Waals surface area contributed by atoms with Crippen molar-refractivity contribution in [2.45, 2.75) is 57.7 Å². The smallest absolute Gasteiger partial charge is 0.255 e. The van der Waals surface area contributed by atoms with Crippen LogP contribution in [0.5, 0.6) is 0 Å². The number of amides is 4. The highest BCUT2D eigenvalue weighted by Gasteiger charge is 2.39. The van der Waals surface area contributed by atoms with Gasteiger partial charge in [0, 0.05) is 41.7 Å². The van der Waals surface area contributed by atoms with Crippen molar-refractivity contribution in [1.29, 1.82) is 0 Å². The van der Waals surface area contributed by atoms with E-state index >= 15 is 0 Å². The van der Waals surface area contributed by atoms with Gasteiger partial charge in [-0.1, -0.05) is 11.6 Å². The van der Waals surface area contributed by atoms with Gasteiger partial charge in [-0.25, -0.2) is 4.98 Å². The van der Waals surface area contributed by atoms with Gasteiger partial charge in [0.1, 0.15) is 11.7 Å². The molecule has 0 radical (unpaired) electrons. The number of carbonyl (C=O) groups excluding carboxylic acids is 4. The fraction of sp³-hybridized carbons (Fsp3) is 0.346. The molecule has 1 saturated heterocycles. The van der Waals surface area contributed by atoms with Crippen LogP contribution in [0.25, 0.3) is 11.0 Å². The van der Waals surface area contributed by atoms with Crippen LogP contribution in [0.4, 0.5) is 5.69 Å². The normalized spacial score (nSPS) is 19.9. The van der Waals surface area contributed by atoms with E-state index in [4.69, 9.17) is 11.6 Å². The van der Waals surface area contributed by atoms with E-state index in [0.29, 0.717) is 33.4 Å². The maximum absolute atomic E-state index is 13.1. The molecular weight excluding hydrogens is 482 g/mol. The number of hydrogen-bond donors (Lipinski definition) is 2. The number of aryl methyl sites for hydroxylation is 1. The third kappa shape index (κ3) is 3.57. The zero-order valence-electron chi connectivity index (χ0n) is 19.6. The summed E-state index contributed by atoms with van der Waals surface area (Å²) < 4.78 is 2.13. The lowest BCUT2D eigenvalue weighted by molar-refractivity contribution is -0.136. The van der Waals surface area contributed by atoms with Crippen LogP contribution in [0.3, 0.4) is 0 Å². The molecule has 3 aromatic rings. The van der Waals surface area contributed by atoms with Crippen LogP contribution in [-0.4, -0.2) is 44.1 Å². The van der Waals surface area contributed by atoms with Crippen molar-refractivity contribution in [1.82, 2.24) is 19.8 Å². The van der Waals surface area contributed by atoms with Gasteiger partial charge in [0.25, 0.3) is 11.8 Å². The zero-order valence-corrected chi connectivity index (χ0v) is 20.4. The van der Waals surface area contributed by atoms with Crippen molar-refractivity contribution in [3.63, 3.8) is 0 Å². The van der Waals surface area contributed by atoms with Crippen molar-refractivity contribution in [2.24, 2.45) is 0 Å². The maximum atomic E-state index is 13.1. The van der Waals surface area contributed by atoms with Gasteiger partial charge in [0.15, 0.2) is 0 Å². The predicted octanol–water partition coefficient (Wildman–Crippen LogP) is 3.74. The summed E-state index contributed by atoms with van der Waals surface area (Å²) in [6.45, 7) is 2.12. The summed E-state index contributed by atoms with van der Waals surface area (Å²) in [6.07, 6.45) is 7.48. The quantitative estimate of drug-likeness (QED) is 0.524. The number of carbonyl (C=O) groups is 4. The van der Waals surface area contributed by atoms with Crippen LogP contribution in [0.2, 0.25) is 5.02 Å². The molecule has 1 aliphatic carbocycles. The highest BCUT2D eigenvalue weighted by atomic mass is 35.5. The number of benzene rings is 1. The van der Waals surface area contributed by atoms with Gasteiger partial charge in [-0.3, -0.25) is 24.5 Å². The highest BCUT2D eigenvalue weighted by molar-refractivity contribution is 6.36. The Morgan fingerprint density at radius 1 is 1.19 bits per heavy atom. The van der Waals surface area contributed by atoms with Gasteiger partial charge in [-0.15, -0.1) is 0 Å². The van der Waals surface area contributed by atoms with Crippen molar-refractivity contribution in [3.05, 3.63) is 57.9 Å². The van der Waals surface area contributed by atoms with Crippen LogP contribution < -0.4 is 10.6 Å². The molecule has 10 heteroatoms. The lowest BCUT2D eigenvalue weighted by Gasteiger charge is -2.29. The van der Waals surface area contributed by atoms with E-state index in [9.17, 15) is 19.2 Å². The second-order valence-corrected chi connectivity index (χ2v) is 10.1. The van der Waals surface area contributed by atoms with E-state index in [-0.39, 0.29) is 37.1 Å². The standard InChI is InChI=1S/C26H24ClN5O4/c1-13-19(10-28-23-22(13)18(27)12-31(23)16-3-2-4-16)29-24(34)14-5-6-17-15(9-14)11-32(26(17)36)20-7-8-21(33)30-25(20)35/h5-6,9-10,12,16,20H,2-4,7-8,11H2,1H3,(H,29,34)(H,30,33,35). The molecule has 4 heterocycles. The Morgan fingerprint density at radius 2 is 2.00 bits per heavy atom. The summed E-state index contributed by atoms with van der Waals surface area (Å²) >= 11 is 6.55. The molecule has 2 fully saturated rings. The van der Waals surface area contributed by atoms with E-state index in [1.54, 1.807) is 24.4 Å². The van der Waals surface area contributed by atoms with Crippen LogP contribution in [0.15, 0.2) is 30.6 Å². The second-order valence-electron chi connectivity index (χ2n) is 9.69. The average Bonchev–Trinajstić information content (AvgIpc) is 3.31. The molecule has 1 aromatic carbocycles. The van der Waals surface area contributed by atoms with Gasteiger partial charge in [0.2, 0.25) is 11.8 Å². The molecular formula is C26H24ClN5O4. The molecule has 2 aliphatic heterocycles. The first-order valence-electron chi connectivity index (χ1n) is 12.1. The highest BCUT2D eigenvalue weighted by Crippen LogP contribution is 2.39. The summed E-state index contributed by atoms with van der Waals surface area (Å²) in [4.78, 5) is 55.9. The topological polar surface area (TPSA) is 113 Å². The minimum Gasteiger partial charge on any atom is -0.328 e. The first kappa shape index (κ1) is 22.7. The number of piperidine rings is 1. The van der Waals surface area contributed by atoms with Crippen LogP contribution in [0, 0.1) is 6.92 Å². The van der Waals surface area contributed by atoms with E-state index in [1.165, 1.54) is 11.3 Å². The average molecular weight is 506 g/mol. The van der Waals surface area contributed by atoms with Crippen molar-refractivity contribution in [2.75, 3.05) is 5.32 Å². The summed E-state index contributed by atoms with van der Waals surface area (Å²) in [5.74, 6) is -1.40. The first-order chi connectivity index (χ1) is 17.3. The maximum Gasteiger partial charge on any atom is 0.255 e. The Bertz CT molecular complexity index is 1470. The van der Waals surface area contributed by atoms with E-state index in [1.807, 2.05) is 13.1 Å². The molecule has 3 aliphatic rings. The molecule has 1 saturated carbocycles. The first-order valence-corrected chi connectivity index (χ1v) is 12.4. The molecule has 1 unspecified atom stereocenters. The lowest BCUT2D eigenvalue weighted by Crippen LogP contribution is -2.52. The van der Waals surface area contributed by atoms with Gasteiger partial charge in [0.05, 0.1) is 16.9 Å². The molecule has 0 spiro atoms. The summed E-state index contributed by atoms with van der Waals surface area (Å²) in [5, 5.41) is 6.67. The Labute approximate surface area is 211 Å². The zero-order chi connectivity index (χ0) is 25.1. The van der Waals surface area contributed by atoms with E-state index in [0.717, 1.165) is 29.4 Å². The molecule has 4 amide bonds. The molecule has 6 rings (SSSR count). The molecule has 0 bridgehead atoms. The number of fused-ring (bicyclic) bond motifs is 2. The Hall–Kier alpha value is -3.72. The number of hydrogen-bond acceptors (Lipinski definition) is 5.